The second-order valence-corrected chi connectivity index (χ2v) is 8.23. The van der Waals surface area contributed by atoms with Crippen molar-refractivity contribution in [1.82, 2.24) is 19.9 Å². The third-order valence-corrected chi connectivity index (χ3v) is 5.61. The molecular weight excluding hydrogens is 441 g/mol. The molecule has 2 aromatic heterocycles. The van der Waals surface area contributed by atoms with Crippen LogP contribution in [0, 0.1) is 0 Å². The highest BCUT2D eigenvalue weighted by atomic mass is 35.5. The molecule has 4 rings (SSSR count). The Morgan fingerprint density at radius 2 is 1.81 bits per heavy atom. The Morgan fingerprint density at radius 1 is 1.10 bits per heavy atom. The Labute approximate surface area is 188 Å². The first kappa shape index (κ1) is 21.5. The number of nitrogens with one attached hydrogen (secondary N) is 3. The van der Waals surface area contributed by atoms with E-state index in [1.165, 1.54) is 13.3 Å². The van der Waals surface area contributed by atoms with E-state index in [0.29, 0.717) is 44.2 Å². The number of aliphatic hydroxyl groups is 1. The number of aliphatic hydroxyl groups excluding tert-OH is 1. The highest BCUT2D eigenvalue weighted by Gasteiger charge is 2.20. The first-order valence-electron chi connectivity index (χ1n) is 9.85. The summed E-state index contributed by atoms with van der Waals surface area (Å²) in [6, 6.07) is 3.49. The quantitative estimate of drug-likeness (QED) is 0.446. The van der Waals surface area contributed by atoms with Gasteiger partial charge >= 0.3 is 0 Å². The van der Waals surface area contributed by atoms with Gasteiger partial charge in [0.1, 0.15) is 17.4 Å². The van der Waals surface area contributed by atoms with E-state index in [1.54, 1.807) is 18.3 Å². The number of amides is 1. The van der Waals surface area contributed by atoms with E-state index >= 15 is 0 Å². The monoisotopic (exact) mass is 461 g/mol. The maximum Gasteiger partial charge on any atom is 0.223 e. The molecule has 1 aliphatic rings. The summed E-state index contributed by atoms with van der Waals surface area (Å²) < 4.78 is 0. The lowest BCUT2D eigenvalue weighted by molar-refractivity contribution is -0.114. The Balaban J connectivity index is 1.59. The van der Waals surface area contributed by atoms with Crippen LogP contribution in [0.4, 0.5) is 23.1 Å². The van der Waals surface area contributed by atoms with E-state index in [-0.39, 0.29) is 18.1 Å². The van der Waals surface area contributed by atoms with Crippen molar-refractivity contribution in [2.75, 3.05) is 16.0 Å². The zero-order valence-electron chi connectivity index (χ0n) is 16.7. The predicted molar refractivity (Wildman–Crippen MR) is 121 cm³/mol. The number of fused-ring (bicyclic) bond motifs is 1. The molecule has 0 spiro atoms. The van der Waals surface area contributed by atoms with Gasteiger partial charge in [0.15, 0.2) is 5.82 Å². The molecule has 1 aliphatic carbocycles. The van der Waals surface area contributed by atoms with Crippen molar-refractivity contribution in [2.45, 2.75) is 44.8 Å². The number of anilines is 4. The van der Waals surface area contributed by atoms with Crippen LogP contribution in [0.5, 0.6) is 0 Å². The van der Waals surface area contributed by atoms with E-state index in [0.717, 1.165) is 25.7 Å². The fourth-order valence-corrected chi connectivity index (χ4v) is 4.08. The molecule has 1 fully saturated rings. The van der Waals surface area contributed by atoms with Crippen LogP contribution in [-0.4, -0.2) is 43.1 Å². The number of carbonyl (C=O) groups is 1. The third kappa shape index (κ3) is 5.12. The maximum atomic E-state index is 11.3. The Bertz CT molecular complexity index is 1100. The van der Waals surface area contributed by atoms with Crippen molar-refractivity contribution in [3.05, 3.63) is 34.7 Å². The fraction of sp³-hybridized carbons (Fsp3) is 0.350. The van der Waals surface area contributed by atoms with Crippen LogP contribution in [0.25, 0.3) is 11.0 Å². The molecule has 0 bridgehead atoms. The molecule has 11 heteroatoms. The highest BCUT2D eigenvalue weighted by molar-refractivity contribution is 6.40. The van der Waals surface area contributed by atoms with Crippen LogP contribution < -0.4 is 16.0 Å². The van der Waals surface area contributed by atoms with Gasteiger partial charge in [0, 0.05) is 18.7 Å². The molecule has 3 aromatic rings. The summed E-state index contributed by atoms with van der Waals surface area (Å²) in [4.78, 5) is 28.8. The molecule has 162 valence electrons. The standard InChI is InChI=1S/C20H21Cl2N7O2/c1-10(30)26-17-14(21)6-12(7-15(17)22)27-19-18-16(24-9-25-19)8-23-20(29-18)28-11-2-4-13(31)5-3-11/h6-9,11,13,31H,2-5H2,1H3,(H,26,30)(H,23,28,29)(H,24,25,27)/t11-,13-. The SMILES string of the molecule is CC(=O)Nc1c(Cl)cc(Nc2ncnc3cnc(N[C@H]4CC[C@H](O)CC4)nc23)cc1Cl. The lowest BCUT2D eigenvalue weighted by Gasteiger charge is -2.26. The number of benzene rings is 1. The zero-order valence-corrected chi connectivity index (χ0v) is 18.2. The predicted octanol–water partition coefficient (Wildman–Crippen LogP) is 4.14. The summed E-state index contributed by atoms with van der Waals surface area (Å²) in [5.74, 6) is 0.674. The lowest BCUT2D eigenvalue weighted by atomic mass is 9.93. The Hall–Kier alpha value is -2.75. The van der Waals surface area contributed by atoms with Gasteiger partial charge in [-0.25, -0.2) is 19.9 Å². The van der Waals surface area contributed by atoms with E-state index in [4.69, 9.17) is 23.2 Å². The van der Waals surface area contributed by atoms with Gasteiger partial charge in [-0.15, -0.1) is 0 Å². The number of rotatable bonds is 5. The molecule has 0 unspecified atom stereocenters. The third-order valence-electron chi connectivity index (χ3n) is 5.01. The average Bonchev–Trinajstić information content (AvgIpc) is 2.73. The van der Waals surface area contributed by atoms with Crippen molar-refractivity contribution < 1.29 is 9.90 Å². The van der Waals surface area contributed by atoms with E-state index < -0.39 is 0 Å². The fourth-order valence-electron chi connectivity index (χ4n) is 3.50. The molecular formula is C20H21Cl2N7O2. The first-order chi connectivity index (χ1) is 14.9. The summed E-state index contributed by atoms with van der Waals surface area (Å²) in [5, 5.41) is 19.4. The molecule has 0 aliphatic heterocycles. The first-order valence-corrected chi connectivity index (χ1v) is 10.6. The van der Waals surface area contributed by atoms with Gasteiger partial charge in [-0.2, -0.15) is 0 Å². The zero-order chi connectivity index (χ0) is 22.0. The van der Waals surface area contributed by atoms with Crippen LogP contribution in [0.15, 0.2) is 24.7 Å². The minimum Gasteiger partial charge on any atom is -0.393 e. The summed E-state index contributed by atoms with van der Waals surface area (Å²) in [6.45, 7) is 1.38. The lowest BCUT2D eigenvalue weighted by Crippen LogP contribution is -2.28. The van der Waals surface area contributed by atoms with Crippen LogP contribution in [0.3, 0.4) is 0 Å². The summed E-state index contributed by atoms with van der Waals surface area (Å²) in [6.07, 6.45) is 6.06. The van der Waals surface area contributed by atoms with Crippen molar-refractivity contribution in [2.24, 2.45) is 0 Å². The largest absolute Gasteiger partial charge is 0.393 e. The summed E-state index contributed by atoms with van der Waals surface area (Å²) >= 11 is 12.6. The number of aromatic nitrogens is 4. The van der Waals surface area contributed by atoms with Crippen molar-refractivity contribution in [1.29, 1.82) is 0 Å². The van der Waals surface area contributed by atoms with E-state index in [2.05, 4.69) is 35.9 Å². The number of halogens is 2. The molecule has 1 amide bonds. The van der Waals surface area contributed by atoms with Crippen LogP contribution in [0.1, 0.15) is 32.6 Å². The highest BCUT2D eigenvalue weighted by Crippen LogP contribution is 2.35. The second kappa shape index (κ2) is 9.17. The number of carbonyl (C=O) groups excluding carboxylic acids is 1. The Kier molecular flexibility index (Phi) is 6.35. The molecule has 0 saturated heterocycles. The molecule has 4 N–H and O–H groups in total. The normalized spacial score (nSPS) is 18.6. The van der Waals surface area contributed by atoms with Crippen LogP contribution in [0.2, 0.25) is 10.0 Å². The molecule has 2 heterocycles. The number of hydrogen-bond acceptors (Lipinski definition) is 8. The molecule has 1 saturated carbocycles. The minimum atomic E-state index is -0.268. The number of nitrogens with zero attached hydrogens (tertiary/aromatic N) is 4. The van der Waals surface area contributed by atoms with Gasteiger partial charge in [0.2, 0.25) is 11.9 Å². The maximum absolute atomic E-state index is 11.3. The van der Waals surface area contributed by atoms with Crippen LogP contribution >= 0.6 is 23.2 Å². The molecule has 1 aromatic carbocycles. The van der Waals surface area contributed by atoms with E-state index in [1.807, 2.05) is 0 Å². The molecule has 0 atom stereocenters. The van der Waals surface area contributed by atoms with Gasteiger partial charge in [-0.05, 0) is 37.8 Å². The van der Waals surface area contributed by atoms with Crippen molar-refractivity contribution in [3.8, 4) is 0 Å². The molecule has 0 radical (unpaired) electrons. The van der Waals surface area contributed by atoms with Gasteiger partial charge in [0.25, 0.3) is 0 Å². The van der Waals surface area contributed by atoms with Gasteiger partial charge in [-0.1, -0.05) is 23.2 Å². The second-order valence-electron chi connectivity index (χ2n) is 7.42. The number of hydrogen-bond donors (Lipinski definition) is 4. The average molecular weight is 462 g/mol. The van der Waals surface area contributed by atoms with Gasteiger partial charge in [0.05, 0.1) is 28.0 Å². The molecule has 31 heavy (non-hydrogen) atoms. The summed E-state index contributed by atoms with van der Waals surface area (Å²) in [7, 11) is 0. The smallest absolute Gasteiger partial charge is 0.223 e. The van der Waals surface area contributed by atoms with Crippen molar-refractivity contribution >= 4 is 63.3 Å². The van der Waals surface area contributed by atoms with E-state index in [9.17, 15) is 9.90 Å². The van der Waals surface area contributed by atoms with Gasteiger partial charge in [-0.3, -0.25) is 4.79 Å². The van der Waals surface area contributed by atoms with Gasteiger partial charge < -0.3 is 21.1 Å². The minimum absolute atomic E-state index is 0.209. The Morgan fingerprint density at radius 3 is 2.48 bits per heavy atom. The summed E-state index contributed by atoms with van der Waals surface area (Å²) in [5.41, 5.74) is 2.04. The topological polar surface area (TPSA) is 125 Å². The molecule has 9 nitrogen and oxygen atoms in total. The van der Waals surface area contributed by atoms with Crippen molar-refractivity contribution in [3.63, 3.8) is 0 Å². The van der Waals surface area contributed by atoms with Crippen LogP contribution in [-0.2, 0) is 4.79 Å².